The lowest BCUT2D eigenvalue weighted by Crippen LogP contribution is -2.63. The Hall–Kier alpha value is -1.42. The molecule has 4 saturated carbocycles. The van der Waals surface area contributed by atoms with Crippen molar-refractivity contribution in [2.24, 2.45) is 16.7 Å². The monoisotopic (exact) mass is 487 g/mol. The molecule has 0 saturated heterocycles. The Bertz CT molecular complexity index is 1000. The Kier molecular flexibility index (Phi) is 6.12. The number of nitrogens with one attached hydrogen (secondary N) is 1. The second-order valence-corrected chi connectivity index (χ2v) is 12.3. The van der Waals surface area contributed by atoms with Crippen LogP contribution in [0.4, 0.5) is 0 Å². The van der Waals surface area contributed by atoms with Crippen molar-refractivity contribution in [2.45, 2.75) is 78.0 Å². The summed E-state index contributed by atoms with van der Waals surface area (Å²) in [6, 6.07) is 11.8. The van der Waals surface area contributed by atoms with E-state index in [-0.39, 0.29) is 5.54 Å². The number of benzene rings is 2. The van der Waals surface area contributed by atoms with Crippen LogP contribution in [-0.2, 0) is 13.2 Å². The van der Waals surface area contributed by atoms with Gasteiger partial charge in [0.1, 0.15) is 6.61 Å². The van der Waals surface area contributed by atoms with Gasteiger partial charge in [-0.15, -0.1) is 0 Å². The Morgan fingerprint density at radius 3 is 2.24 bits per heavy atom. The average Bonchev–Trinajstić information content (AvgIpc) is 2.71. The third-order valence-corrected chi connectivity index (χ3v) is 8.74. The standard InChI is InChI=1S/C28H35Cl2NO2/c1-4-32-25-10-19(8-9-24(25)33-15-21-22(29)6-5-7-23(21)30)14-31-28-13-20-11-26(2,17-28)16-27(3,12-20)18-28/h5-10,20,31H,4,11-18H2,1-3H3. The highest BCUT2D eigenvalue weighted by molar-refractivity contribution is 6.35. The molecule has 0 aromatic heterocycles. The van der Waals surface area contributed by atoms with Crippen LogP contribution in [0.2, 0.25) is 10.0 Å². The van der Waals surface area contributed by atoms with E-state index < -0.39 is 0 Å². The fraction of sp³-hybridized carbons (Fsp3) is 0.571. The maximum absolute atomic E-state index is 6.31. The molecule has 0 heterocycles. The van der Waals surface area contributed by atoms with Crippen molar-refractivity contribution >= 4 is 23.2 Å². The smallest absolute Gasteiger partial charge is 0.161 e. The van der Waals surface area contributed by atoms with E-state index in [9.17, 15) is 0 Å². The van der Waals surface area contributed by atoms with Gasteiger partial charge in [-0.05, 0) is 92.0 Å². The second-order valence-electron chi connectivity index (χ2n) is 11.5. The van der Waals surface area contributed by atoms with Crippen molar-refractivity contribution in [2.75, 3.05) is 6.61 Å². The molecule has 4 fully saturated rings. The molecular weight excluding hydrogens is 453 g/mol. The van der Waals surface area contributed by atoms with Crippen molar-refractivity contribution in [1.29, 1.82) is 0 Å². The van der Waals surface area contributed by atoms with E-state index in [0.29, 0.717) is 39.8 Å². The number of hydrogen-bond acceptors (Lipinski definition) is 3. The van der Waals surface area contributed by atoms with Gasteiger partial charge in [0.05, 0.1) is 6.61 Å². The summed E-state index contributed by atoms with van der Waals surface area (Å²) in [7, 11) is 0. The van der Waals surface area contributed by atoms with Gasteiger partial charge in [-0.3, -0.25) is 0 Å². The van der Waals surface area contributed by atoms with Gasteiger partial charge in [0.25, 0.3) is 0 Å². The number of hydrogen-bond donors (Lipinski definition) is 1. The van der Waals surface area contributed by atoms with E-state index in [1.165, 1.54) is 44.1 Å². The predicted octanol–water partition coefficient (Wildman–Crippen LogP) is 7.81. The lowest BCUT2D eigenvalue weighted by molar-refractivity contribution is -0.118. The first-order chi connectivity index (χ1) is 15.7. The molecule has 2 aromatic rings. The van der Waals surface area contributed by atoms with Crippen LogP contribution in [0.1, 0.15) is 70.4 Å². The maximum atomic E-state index is 6.31. The minimum atomic E-state index is 0.282. The van der Waals surface area contributed by atoms with E-state index in [1.807, 2.05) is 31.2 Å². The van der Waals surface area contributed by atoms with E-state index in [2.05, 4.69) is 31.3 Å². The Balaban J connectivity index is 1.29. The summed E-state index contributed by atoms with van der Waals surface area (Å²) in [6.07, 6.45) is 8.19. The Morgan fingerprint density at radius 1 is 0.909 bits per heavy atom. The lowest BCUT2D eigenvalue weighted by Gasteiger charge is -2.65. The molecule has 4 aliphatic rings. The van der Waals surface area contributed by atoms with Crippen molar-refractivity contribution in [3.63, 3.8) is 0 Å². The second kappa shape index (κ2) is 8.66. The molecule has 2 aromatic carbocycles. The topological polar surface area (TPSA) is 30.5 Å². The quantitative estimate of drug-likeness (QED) is 0.411. The first kappa shape index (κ1) is 23.3. The molecule has 4 bridgehead atoms. The third kappa shape index (κ3) is 4.74. The van der Waals surface area contributed by atoms with Crippen LogP contribution < -0.4 is 14.8 Å². The molecule has 0 radical (unpaired) electrons. The summed E-state index contributed by atoms with van der Waals surface area (Å²) in [5.74, 6) is 2.37. The molecule has 0 amide bonds. The van der Waals surface area contributed by atoms with E-state index >= 15 is 0 Å². The van der Waals surface area contributed by atoms with Crippen LogP contribution in [0.15, 0.2) is 36.4 Å². The van der Waals surface area contributed by atoms with E-state index in [4.69, 9.17) is 32.7 Å². The number of halogens is 2. The molecule has 3 nitrogen and oxygen atoms in total. The third-order valence-electron chi connectivity index (χ3n) is 8.04. The minimum Gasteiger partial charge on any atom is -0.490 e. The van der Waals surface area contributed by atoms with E-state index in [0.717, 1.165) is 23.8 Å². The van der Waals surface area contributed by atoms with Crippen molar-refractivity contribution < 1.29 is 9.47 Å². The van der Waals surface area contributed by atoms with Crippen molar-refractivity contribution in [1.82, 2.24) is 5.32 Å². The summed E-state index contributed by atoms with van der Waals surface area (Å²) in [4.78, 5) is 0. The van der Waals surface area contributed by atoms with Crippen molar-refractivity contribution in [3.05, 3.63) is 57.6 Å². The van der Waals surface area contributed by atoms with Gasteiger partial charge >= 0.3 is 0 Å². The summed E-state index contributed by atoms with van der Waals surface area (Å²) >= 11 is 12.6. The zero-order chi connectivity index (χ0) is 23.3. The van der Waals surface area contributed by atoms with Crippen LogP contribution in [0.3, 0.4) is 0 Å². The van der Waals surface area contributed by atoms with Gasteiger partial charge in [-0.25, -0.2) is 0 Å². The summed E-state index contributed by atoms with van der Waals surface area (Å²) in [6.45, 7) is 8.79. The molecule has 6 rings (SSSR count). The molecule has 0 aliphatic heterocycles. The van der Waals surface area contributed by atoms with Gasteiger partial charge in [-0.2, -0.15) is 0 Å². The predicted molar refractivity (Wildman–Crippen MR) is 135 cm³/mol. The fourth-order valence-electron chi connectivity index (χ4n) is 7.80. The first-order valence-corrected chi connectivity index (χ1v) is 13.0. The Morgan fingerprint density at radius 2 is 1.61 bits per heavy atom. The van der Waals surface area contributed by atoms with Crippen LogP contribution >= 0.6 is 23.2 Å². The SMILES string of the molecule is CCOc1cc(CNC23CC4CC(C)(CC(C)(C4)C2)C3)ccc1OCc1c(Cl)cccc1Cl. The molecule has 4 aliphatic carbocycles. The Labute approximate surface area is 208 Å². The van der Waals surface area contributed by atoms with Gasteiger partial charge in [-0.1, -0.05) is 49.2 Å². The summed E-state index contributed by atoms with van der Waals surface area (Å²) in [5, 5.41) is 5.25. The molecule has 5 heteroatoms. The van der Waals surface area contributed by atoms with Crippen LogP contribution in [-0.4, -0.2) is 12.1 Å². The molecule has 0 spiro atoms. The van der Waals surface area contributed by atoms with Crippen LogP contribution in [0, 0.1) is 16.7 Å². The fourth-order valence-corrected chi connectivity index (χ4v) is 8.31. The molecule has 178 valence electrons. The van der Waals surface area contributed by atoms with Crippen molar-refractivity contribution in [3.8, 4) is 11.5 Å². The molecule has 1 N–H and O–H groups in total. The number of ether oxygens (including phenoxy) is 2. The first-order valence-electron chi connectivity index (χ1n) is 12.3. The van der Waals surface area contributed by atoms with Crippen LogP contribution in [0.25, 0.3) is 0 Å². The highest BCUT2D eigenvalue weighted by Gasteiger charge is 2.59. The van der Waals surface area contributed by atoms with Gasteiger partial charge in [0.15, 0.2) is 11.5 Å². The molecular formula is C28H35Cl2NO2. The minimum absolute atomic E-state index is 0.282. The normalized spacial score (nSPS) is 32.2. The van der Waals surface area contributed by atoms with Gasteiger partial charge in [0, 0.05) is 27.7 Å². The average molecular weight is 488 g/mol. The van der Waals surface area contributed by atoms with Gasteiger partial charge in [0.2, 0.25) is 0 Å². The number of rotatable bonds is 8. The van der Waals surface area contributed by atoms with Crippen LogP contribution in [0.5, 0.6) is 11.5 Å². The molecule has 2 atom stereocenters. The van der Waals surface area contributed by atoms with E-state index in [1.54, 1.807) is 0 Å². The largest absolute Gasteiger partial charge is 0.490 e. The zero-order valence-corrected chi connectivity index (χ0v) is 21.5. The maximum Gasteiger partial charge on any atom is 0.161 e. The summed E-state index contributed by atoms with van der Waals surface area (Å²) in [5.41, 5.74) is 3.32. The van der Waals surface area contributed by atoms with Gasteiger partial charge < -0.3 is 14.8 Å². The highest BCUT2D eigenvalue weighted by Crippen LogP contribution is 2.66. The zero-order valence-electron chi connectivity index (χ0n) is 20.0. The molecule has 33 heavy (non-hydrogen) atoms. The molecule has 2 unspecified atom stereocenters. The summed E-state index contributed by atoms with van der Waals surface area (Å²) < 4.78 is 12.0. The lowest BCUT2D eigenvalue weighted by atomic mass is 9.43. The highest BCUT2D eigenvalue weighted by atomic mass is 35.5.